The molecule has 4 nitrogen and oxygen atoms in total. The van der Waals surface area contributed by atoms with Crippen molar-refractivity contribution in [3.8, 4) is 0 Å². The van der Waals surface area contributed by atoms with Crippen LogP contribution in [-0.2, 0) is 9.84 Å². The molecule has 0 N–H and O–H groups in total. The number of carbonyl (C=O) groups is 1. The van der Waals surface area contributed by atoms with Crippen LogP contribution in [0.3, 0.4) is 0 Å². The van der Waals surface area contributed by atoms with Crippen molar-refractivity contribution in [2.24, 2.45) is 5.92 Å². The summed E-state index contributed by atoms with van der Waals surface area (Å²) in [5, 5.41) is 1.81. The molecule has 5 heteroatoms. The van der Waals surface area contributed by atoms with Crippen LogP contribution in [0.4, 0.5) is 0 Å². The van der Waals surface area contributed by atoms with Crippen molar-refractivity contribution in [2.75, 3.05) is 11.5 Å². The van der Waals surface area contributed by atoms with Gasteiger partial charge in [-0.2, -0.15) is 0 Å². The number of Topliss-reactive ketones (excluding diaryl/α,β-unsaturated/α-hetero) is 1. The van der Waals surface area contributed by atoms with E-state index in [-0.39, 0.29) is 23.2 Å². The Balaban J connectivity index is 1.86. The summed E-state index contributed by atoms with van der Waals surface area (Å²) in [6.07, 6.45) is 4.30. The van der Waals surface area contributed by atoms with Gasteiger partial charge in [0.05, 0.1) is 11.5 Å². The number of aromatic nitrogens is 1. The highest BCUT2D eigenvalue weighted by molar-refractivity contribution is 7.91. The average Bonchev–Trinajstić information content (AvgIpc) is 2.77. The van der Waals surface area contributed by atoms with Gasteiger partial charge in [-0.05, 0) is 23.8 Å². The van der Waals surface area contributed by atoms with Crippen LogP contribution < -0.4 is 0 Å². The lowest BCUT2D eigenvalue weighted by Crippen LogP contribution is -2.11. The molecule has 0 saturated carbocycles. The molecular weight excluding hydrogens is 274 g/mol. The lowest BCUT2D eigenvalue weighted by atomic mass is 9.95. The second kappa shape index (κ2) is 4.98. The largest absolute Gasteiger partial charge is 0.294 e. The Hall–Kier alpha value is -1.75. The summed E-state index contributed by atoms with van der Waals surface area (Å²) < 4.78 is 22.9. The fraction of sp³-hybridized carbons (Fsp3) is 0.333. The topological polar surface area (TPSA) is 64.1 Å². The number of ketones is 1. The van der Waals surface area contributed by atoms with Crippen LogP contribution >= 0.6 is 0 Å². The third-order valence-corrected chi connectivity index (χ3v) is 5.62. The standard InChI is InChI=1S/C15H15NO3S/c17-15(8-11-5-7-20(18,19)10-11)14-3-1-2-12-9-16-6-4-13(12)14/h1-4,6,9,11H,5,7-8,10H2. The molecule has 1 unspecified atom stereocenters. The average molecular weight is 289 g/mol. The van der Waals surface area contributed by atoms with E-state index in [4.69, 9.17) is 0 Å². The van der Waals surface area contributed by atoms with Crippen LogP contribution in [0.2, 0.25) is 0 Å². The molecule has 1 fully saturated rings. The highest BCUT2D eigenvalue weighted by Crippen LogP contribution is 2.25. The van der Waals surface area contributed by atoms with E-state index in [2.05, 4.69) is 4.98 Å². The predicted octanol–water partition coefficient (Wildman–Crippen LogP) is 2.24. The first-order valence-corrected chi connectivity index (χ1v) is 8.44. The van der Waals surface area contributed by atoms with E-state index in [0.717, 1.165) is 10.8 Å². The minimum absolute atomic E-state index is 0.0175. The molecule has 2 heterocycles. The van der Waals surface area contributed by atoms with Crippen LogP contribution in [0, 0.1) is 5.92 Å². The van der Waals surface area contributed by atoms with E-state index < -0.39 is 9.84 Å². The van der Waals surface area contributed by atoms with E-state index in [1.807, 2.05) is 18.2 Å². The van der Waals surface area contributed by atoms with Crippen molar-refractivity contribution in [1.82, 2.24) is 4.98 Å². The second-order valence-electron chi connectivity index (χ2n) is 5.30. The molecule has 1 aromatic carbocycles. The number of sulfone groups is 1. The summed E-state index contributed by atoms with van der Waals surface area (Å²) in [6.45, 7) is 0. The molecule has 20 heavy (non-hydrogen) atoms. The lowest BCUT2D eigenvalue weighted by molar-refractivity contribution is 0.0967. The minimum Gasteiger partial charge on any atom is -0.294 e. The van der Waals surface area contributed by atoms with Crippen molar-refractivity contribution in [2.45, 2.75) is 12.8 Å². The monoisotopic (exact) mass is 289 g/mol. The molecule has 1 aliphatic heterocycles. The zero-order valence-electron chi connectivity index (χ0n) is 11.0. The van der Waals surface area contributed by atoms with Gasteiger partial charge in [-0.3, -0.25) is 9.78 Å². The number of carbonyl (C=O) groups excluding carboxylic acids is 1. The molecule has 0 radical (unpaired) electrons. The Morgan fingerprint density at radius 2 is 2.15 bits per heavy atom. The maximum absolute atomic E-state index is 12.4. The molecule has 1 aliphatic rings. The summed E-state index contributed by atoms with van der Waals surface area (Å²) in [7, 11) is -2.93. The highest BCUT2D eigenvalue weighted by atomic mass is 32.2. The van der Waals surface area contributed by atoms with Gasteiger partial charge in [0.2, 0.25) is 0 Å². The molecule has 1 atom stereocenters. The Kier molecular flexibility index (Phi) is 3.30. The van der Waals surface area contributed by atoms with Crippen LogP contribution in [0.25, 0.3) is 10.8 Å². The first kappa shape index (κ1) is 13.2. The SMILES string of the molecule is O=C(CC1CCS(=O)(=O)C1)c1cccc2cnccc12. The third kappa shape index (κ3) is 2.58. The van der Waals surface area contributed by atoms with Gasteiger partial charge >= 0.3 is 0 Å². The van der Waals surface area contributed by atoms with Crippen LogP contribution in [0.15, 0.2) is 36.7 Å². The molecule has 1 saturated heterocycles. The van der Waals surface area contributed by atoms with Crippen molar-refractivity contribution in [1.29, 1.82) is 0 Å². The number of hydrogen-bond donors (Lipinski definition) is 0. The lowest BCUT2D eigenvalue weighted by Gasteiger charge is -2.08. The molecule has 3 rings (SSSR count). The number of hydrogen-bond acceptors (Lipinski definition) is 4. The van der Waals surface area contributed by atoms with Gasteiger partial charge in [-0.15, -0.1) is 0 Å². The summed E-state index contributed by atoms with van der Waals surface area (Å²) in [5.41, 5.74) is 0.661. The van der Waals surface area contributed by atoms with E-state index in [1.54, 1.807) is 18.5 Å². The Morgan fingerprint density at radius 1 is 1.30 bits per heavy atom. The fourth-order valence-electron chi connectivity index (χ4n) is 2.77. The normalized spacial score (nSPS) is 21.1. The Morgan fingerprint density at radius 3 is 2.90 bits per heavy atom. The molecule has 0 spiro atoms. The molecule has 1 aromatic heterocycles. The first-order valence-electron chi connectivity index (χ1n) is 6.61. The number of benzene rings is 1. The van der Waals surface area contributed by atoms with Crippen molar-refractivity contribution >= 4 is 26.4 Å². The third-order valence-electron chi connectivity index (χ3n) is 3.78. The number of nitrogens with zero attached hydrogens (tertiary/aromatic N) is 1. The van der Waals surface area contributed by atoms with Crippen molar-refractivity contribution in [3.05, 3.63) is 42.2 Å². The highest BCUT2D eigenvalue weighted by Gasteiger charge is 2.29. The molecule has 2 aromatic rings. The quantitative estimate of drug-likeness (QED) is 0.813. The second-order valence-corrected chi connectivity index (χ2v) is 7.53. The number of fused-ring (bicyclic) bond motifs is 1. The predicted molar refractivity (Wildman–Crippen MR) is 77.5 cm³/mol. The maximum atomic E-state index is 12.4. The van der Waals surface area contributed by atoms with E-state index in [1.165, 1.54) is 0 Å². The molecule has 0 aliphatic carbocycles. The van der Waals surface area contributed by atoms with Gasteiger partial charge in [0, 0.05) is 29.8 Å². The Labute approximate surface area is 117 Å². The van der Waals surface area contributed by atoms with Gasteiger partial charge in [-0.25, -0.2) is 8.42 Å². The van der Waals surface area contributed by atoms with Gasteiger partial charge in [0.1, 0.15) is 0 Å². The van der Waals surface area contributed by atoms with Gasteiger partial charge < -0.3 is 0 Å². The van der Waals surface area contributed by atoms with Crippen LogP contribution in [-0.4, -0.2) is 30.7 Å². The number of pyridine rings is 1. The molecular formula is C15H15NO3S. The van der Waals surface area contributed by atoms with Gasteiger partial charge in [0.25, 0.3) is 0 Å². The number of rotatable bonds is 3. The summed E-state index contributed by atoms with van der Waals surface area (Å²) in [4.78, 5) is 16.5. The van der Waals surface area contributed by atoms with Gasteiger partial charge in [0.15, 0.2) is 15.6 Å². The van der Waals surface area contributed by atoms with Crippen LogP contribution in [0.5, 0.6) is 0 Å². The zero-order valence-corrected chi connectivity index (χ0v) is 11.8. The summed E-state index contributed by atoms with van der Waals surface area (Å²) in [5.74, 6) is 0.337. The maximum Gasteiger partial charge on any atom is 0.163 e. The zero-order chi connectivity index (χ0) is 14.2. The fourth-order valence-corrected chi connectivity index (χ4v) is 4.63. The van der Waals surface area contributed by atoms with Crippen LogP contribution in [0.1, 0.15) is 23.2 Å². The summed E-state index contributed by atoms with van der Waals surface area (Å²) >= 11 is 0. The first-order chi connectivity index (χ1) is 9.55. The van der Waals surface area contributed by atoms with Crippen molar-refractivity contribution in [3.63, 3.8) is 0 Å². The minimum atomic E-state index is -2.93. The molecule has 0 amide bonds. The smallest absolute Gasteiger partial charge is 0.163 e. The molecule has 104 valence electrons. The Bertz CT molecular complexity index is 762. The summed E-state index contributed by atoms with van der Waals surface area (Å²) in [6, 6.07) is 7.38. The van der Waals surface area contributed by atoms with Crippen molar-refractivity contribution < 1.29 is 13.2 Å². The molecule has 0 bridgehead atoms. The van der Waals surface area contributed by atoms with E-state index in [9.17, 15) is 13.2 Å². The van der Waals surface area contributed by atoms with E-state index >= 15 is 0 Å². The van der Waals surface area contributed by atoms with E-state index in [0.29, 0.717) is 18.4 Å². The van der Waals surface area contributed by atoms with Gasteiger partial charge in [-0.1, -0.05) is 18.2 Å².